The second-order valence-electron chi connectivity index (χ2n) is 7.01. The van der Waals surface area contributed by atoms with E-state index in [9.17, 15) is 14.7 Å². The Hall–Kier alpha value is -2.18. The van der Waals surface area contributed by atoms with Crippen molar-refractivity contribution in [2.75, 3.05) is 13.1 Å². The first-order chi connectivity index (χ1) is 13.3. The maximum atomic E-state index is 11.7. The molecule has 0 spiro atoms. The van der Waals surface area contributed by atoms with Crippen LogP contribution in [0.2, 0.25) is 10.0 Å². The van der Waals surface area contributed by atoms with Crippen molar-refractivity contribution in [3.8, 4) is 0 Å². The van der Waals surface area contributed by atoms with Crippen molar-refractivity contribution >= 4 is 35.1 Å². The van der Waals surface area contributed by atoms with E-state index < -0.39 is 5.97 Å². The van der Waals surface area contributed by atoms with Crippen LogP contribution < -0.4 is 0 Å². The molecule has 1 N–H and O–H groups in total. The lowest BCUT2D eigenvalue weighted by Gasteiger charge is -2.30. The predicted molar refractivity (Wildman–Crippen MR) is 107 cm³/mol. The van der Waals surface area contributed by atoms with Crippen LogP contribution in [0.15, 0.2) is 18.2 Å². The van der Waals surface area contributed by atoms with E-state index >= 15 is 0 Å². The van der Waals surface area contributed by atoms with E-state index in [-0.39, 0.29) is 17.5 Å². The van der Waals surface area contributed by atoms with Gasteiger partial charge in [-0.2, -0.15) is 0 Å². The van der Waals surface area contributed by atoms with Crippen LogP contribution in [0.4, 0.5) is 0 Å². The second-order valence-corrected chi connectivity index (χ2v) is 7.83. The van der Waals surface area contributed by atoms with Crippen LogP contribution in [0, 0.1) is 6.92 Å². The fourth-order valence-electron chi connectivity index (χ4n) is 3.44. The molecular formula is C20H21Cl2N3O3. The first-order valence-electron chi connectivity index (χ1n) is 9.06. The average Bonchev–Trinajstić information content (AvgIpc) is 2.66. The van der Waals surface area contributed by atoms with Gasteiger partial charge in [-0.25, -0.2) is 14.8 Å². The number of carboxylic acids is 1. The maximum absolute atomic E-state index is 11.7. The Morgan fingerprint density at radius 2 is 1.86 bits per heavy atom. The molecule has 0 bridgehead atoms. The Kier molecular flexibility index (Phi) is 6.20. The molecule has 0 saturated carbocycles. The number of hydrogen-bond donors (Lipinski definition) is 1. The van der Waals surface area contributed by atoms with E-state index in [1.165, 1.54) is 0 Å². The number of carbonyl (C=O) groups is 2. The number of carboxylic acid groups (broad SMARTS) is 1. The van der Waals surface area contributed by atoms with Crippen molar-refractivity contribution in [1.82, 2.24) is 14.9 Å². The number of nitrogens with zero attached hydrogens (tertiary/aromatic N) is 3. The van der Waals surface area contributed by atoms with Gasteiger partial charge >= 0.3 is 5.97 Å². The Balaban J connectivity index is 1.92. The molecule has 8 heteroatoms. The molecule has 1 amide bonds. The Morgan fingerprint density at radius 3 is 2.43 bits per heavy atom. The summed E-state index contributed by atoms with van der Waals surface area (Å²) in [4.78, 5) is 34.1. The van der Waals surface area contributed by atoms with Crippen molar-refractivity contribution in [3.05, 3.63) is 56.6 Å². The highest BCUT2D eigenvalue weighted by atomic mass is 35.5. The summed E-state index contributed by atoms with van der Waals surface area (Å²) in [6.45, 7) is 4.53. The van der Waals surface area contributed by atoms with Crippen molar-refractivity contribution < 1.29 is 14.7 Å². The third-order valence-electron chi connectivity index (χ3n) is 5.13. The fourth-order valence-corrected chi connectivity index (χ4v) is 3.76. The highest BCUT2D eigenvalue weighted by Crippen LogP contribution is 2.29. The summed E-state index contributed by atoms with van der Waals surface area (Å²) in [5.41, 5.74) is 2.12. The lowest BCUT2D eigenvalue weighted by Crippen LogP contribution is -2.36. The summed E-state index contributed by atoms with van der Waals surface area (Å²) in [5.74, 6) is -0.462. The van der Waals surface area contributed by atoms with E-state index in [1.807, 2.05) is 6.07 Å². The first-order valence-corrected chi connectivity index (χ1v) is 9.82. The fraction of sp³-hybridized carbons (Fsp3) is 0.400. The molecule has 2 aromatic rings. The smallest absolute Gasteiger partial charge is 0.354 e. The summed E-state index contributed by atoms with van der Waals surface area (Å²) in [5, 5.41) is 10.5. The van der Waals surface area contributed by atoms with Crippen molar-refractivity contribution in [2.45, 2.75) is 39.0 Å². The summed E-state index contributed by atoms with van der Waals surface area (Å²) in [7, 11) is 0. The van der Waals surface area contributed by atoms with Gasteiger partial charge in [0.15, 0.2) is 5.69 Å². The minimum Gasteiger partial charge on any atom is -0.477 e. The topological polar surface area (TPSA) is 83.4 Å². The molecule has 148 valence electrons. The van der Waals surface area contributed by atoms with Crippen LogP contribution in [0.3, 0.4) is 0 Å². The van der Waals surface area contributed by atoms with Crippen LogP contribution in [-0.4, -0.2) is 44.9 Å². The number of hydrogen-bond acceptors (Lipinski definition) is 4. The highest BCUT2D eigenvalue weighted by molar-refractivity contribution is 6.42. The zero-order valence-electron chi connectivity index (χ0n) is 15.7. The van der Waals surface area contributed by atoms with Gasteiger partial charge < -0.3 is 10.0 Å². The van der Waals surface area contributed by atoms with Crippen molar-refractivity contribution in [3.63, 3.8) is 0 Å². The molecule has 28 heavy (non-hydrogen) atoms. The molecule has 1 saturated heterocycles. The molecule has 0 radical (unpaired) electrons. The normalized spacial score (nSPS) is 14.9. The van der Waals surface area contributed by atoms with Gasteiger partial charge in [-0.15, -0.1) is 0 Å². The van der Waals surface area contributed by atoms with Gasteiger partial charge in [0.25, 0.3) is 0 Å². The minimum absolute atomic E-state index is 0.0223. The lowest BCUT2D eigenvalue weighted by atomic mass is 9.95. The minimum atomic E-state index is -1.07. The Bertz CT molecular complexity index is 925. The van der Waals surface area contributed by atoms with E-state index in [4.69, 9.17) is 28.2 Å². The molecule has 6 nitrogen and oxygen atoms in total. The summed E-state index contributed by atoms with van der Waals surface area (Å²) in [6, 6.07) is 5.32. The van der Waals surface area contributed by atoms with Gasteiger partial charge in [0.2, 0.25) is 5.91 Å². The zero-order valence-corrected chi connectivity index (χ0v) is 17.2. The molecule has 1 fully saturated rings. The van der Waals surface area contributed by atoms with Gasteiger partial charge in [-0.1, -0.05) is 29.3 Å². The first kappa shape index (κ1) is 20.6. The largest absolute Gasteiger partial charge is 0.477 e. The Labute approximate surface area is 173 Å². The van der Waals surface area contributed by atoms with Crippen LogP contribution >= 0.6 is 23.2 Å². The van der Waals surface area contributed by atoms with Crippen molar-refractivity contribution in [2.24, 2.45) is 0 Å². The molecule has 2 heterocycles. The second kappa shape index (κ2) is 8.45. The lowest BCUT2D eigenvalue weighted by molar-refractivity contribution is -0.129. The van der Waals surface area contributed by atoms with Crippen LogP contribution in [0.1, 0.15) is 58.8 Å². The number of piperidine rings is 1. The Morgan fingerprint density at radius 1 is 1.18 bits per heavy atom. The molecule has 0 atom stereocenters. The molecule has 0 unspecified atom stereocenters. The molecule has 0 aliphatic carbocycles. The van der Waals surface area contributed by atoms with Crippen molar-refractivity contribution in [1.29, 1.82) is 0 Å². The van der Waals surface area contributed by atoms with E-state index in [1.54, 1.807) is 30.9 Å². The third kappa shape index (κ3) is 4.45. The maximum Gasteiger partial charge on any atom is 0.354 e. The number of carbonyl (C=O) groups excluding carboxylic acids is 1. The molecular weight excluding hydrogens is 401 g/mol. The number of aromatic carboxylic acids is 1. The van der Waals surface area contributed by atoms with Gasteiger partial charge in [0.1, 0.15) is 5.82 Å². The summed E-state index contributed by atoms with van der Waals surface area (Å²) >= 11 is 12.1. The number of amides is 1. The predicted octanol–water partition coefficient (Wildman–Crippen LogP) is 4.11. The van der Waals surface area contributed by atoms with Gasteiger partial charge in [0.05, 0.1) is 15.7 Å². The van der Waals surface area contributed by atoms with Crippen LogP contribution in [0.5, 0.6) is 0 Å². The molecule has 1 aromatic heterocycles. The van der Waals surface area contributed by atoms with Gasteiger partial charge in [0, 0.05) is 37.9 Å². The van der Waals surface area contributed by atoms with E-state index in [0.29, 0.717) is 59.5 Å². The molecule has 1 aliphatic rings. The SMILES string of the molecule is CC(=O)N1CCC(c2nc(Cc3ccc(Cl)c(Cl)c3)c(C)c(C(=O)O)n2)CC1. The molecule has 1 aromatic carbocycles. The number of aromatic nitrogens is 2. The zero-order chi connectivity index (χ0) is 20.4. The standard InChI is InChI=1S/C20H21Cl2N3O3/c1-11-17(10-13-3-4-15(21)16(22)9-13)23-19(24-18(11)20(27)28)14-5-7-25(8-6-14)12(2)26/h3-4,9,14H,5-8,10H2,1-2H3,(H,27,28). The number of rotatable bonds is 4. The summed E-state index contributed by atoms with van der Waals surface area (Å²) < 4.78 is 0. The number of benzene rings is 1. The van der Waals surface area contributed by atoms with Gasteiger partial charge in [-0.3, -0.25) is 4.79 Å². The van der Waals surface area contributed by atoms with E-state index in [0.717, 1.165) is 5.56 Å². The highest BCUT2D eigenvalue weighted by Gasteiger charge is 2.26. The quantitative estimate of drug-likeness (QED) is 0.802. The monoisotopic (exact) mass is 421 g/mol. The van der Waals surface area contributed by atoms with Crippen LogP contribution in [-0.2, 0) is 11.2 Å². The average molecular weight is 422 g/mol. The van der Waals surface area contributed by atoms with Crippen LogP contribution in [0.25, 0.3) is 0 Å². The number of halogens is 2. The van der Waals surface area contributed by atoms with Gasteiger partial charge in [-0.05, 0) is 37.5 Å². The van der Waals surface area contributed by atoms with E-state index in [2.05, 4.69) is 4.98 Å². The molecule has 3 rings (SSSR count). The summed E-state index contributed by atoms with van der Waals surface area (Å²) in [6.07, 6.45) is 1.87. The number of likely N-dealkylation sites (tertiary alicyclic amines) is 1. The molecule has 1 aliphatic heterocycles. The third-order valence-corrected chi connectivity index (χ3v) is 5.87.